The average molecular weight is 815 g/mol. The second kappa shape index (κ2) is 14.2. The molecule has 0 spiro atoms. The number of rotatable bonds is 5. The van der Waals surface area contributed by atoms with Crippen molar-refractivity contribution in [1.82, 2.24) is 19.9 Å². The maximum Gasteiger partial charge on any atom is 0.320 e. The van der Waals surface area contributed by atoms with Crippen molar-refractivity contribution in [2.24, 2.45) is 5.73 Å². The second-order valence-corrected chi connectivity index (χ2v) is 18.9. The Hall–Kier alpha value is -7.21. The number of nitrogens with zero attached hydrogens (tertiary/aromatic N) is 3. The predicted molar refractivity (Wildman–Crippen MR) is 248 cm³/mol. The van der Waals surface area contributed by atoms with Crippen LogP contribution in [0.15, 0.2) is 97.1 Å². The summed E-state index contributed by atoms with van der Waals surface area (Å²) in [5, 5.41) is 26.3. The third-order valence-corrected chi connectivity index (χ3v) is 11.6. The first-order chi connectivity index (χ1) is 28.6. The van der Waals surface area contributed by atoms with Gasteiger partial charge in [-0.05, 0) is 73.9 Å². The monoisotopic (exact) mass is 814 g/mol. The van der Waals surface area contributed by atoms with E-state index < -0.39 is 21.2 Å². The van der Waals surface area contributed by atoms with E-state index >= 15 is 0 Å². The number of hydrogen-bond donors (Lipinski definition) is 5. The summed E-state index contributed by atoms with van der Waals surface area (Å²) < 4.78 is 0. The molecule has 0 saturated carbocycles. The van der Waals surface area contributed by atoms with Crippen LogP contribution < -0.4 is 11.5 Å². The van der Waals surface area contributed by atoms with Crippen molar-refractivity contribution in [2.45, 2.75) is 78.6 Å². The van der Waals surface area contributed by atoms with Crippen LogP contribution in [-0.2, 0) is 16.2 Å². The number of benzene rings is 3. The van der Waals surface area contributed by atoms with Gasteiger partial charge in [0.05, 0.1) is 15.4 Å². The normalized spacial score (nSPS) is 13.0. The standard InChI is InChI=1S/C49H50N8O4/c1-47(2,3)29-16-10-26(11-17-29)36-32-22-24-34(52-32)37(27-12-18-30(19-13-27)48(4,5)6)41-45(56(58)59)39(50)43(54-41)44-40(51)46(57(60)61)42(55-44)38(35-25-23-33(36)53-35)28-14-20-31(21-15-28)49(7,8)9/h10-25,52-54H,50-51H2,1-9H3. The van der Waals surface area contributed by atoms with Crippen LogP contribution in [0.5, 0.6) is 0 Å². The highest BCUT2D eigenvalue weighted by Crippen LogP contribution is 2.45. The van der Waals surface area contributed by atoms with Gasteiger partial charge in [0.15, 0.2) is 5.69 Å². The summed E-state index contributed by atoms with van der Waals surface area (Å²) in [5.74, 6) is 0. The zero-order valence-corrected chi connectivity index (χ0v) is 35.9. The van der Waals surface area contributed by atoms with Gasteiger partial charge in [-0.3, -0.25) is 20.2 Å². The van der Waals surface area contributed by atoms with E-state index in [0.717, 1.165) is 38.9 Å². The summed E-state index contributed by atoms with van der Waals surface area (Å²) in [4.78, 5) is 40.5. The molecule has 8 rings (SSSR count). The Morgan fingerprint density at radius 2 is 0.852 bits per heavy atom. The quantitative estimate of drug-likeness (QED) is 0.0840. The van der Waals surface area contributed by atoms with E-state index in [4.69, 9.17) is 16.5 Å². The molecule has 12 nitrogen and oxygen atoms in total. The smallest absolute Gasteiger partial charge is 0.320 e. The van der Waals surface area contributed by atoms with Crippen LogP contribution in [-0.4, -0.2) is 29.8 Å². The first-order valence-corrected chi connectivity index (χ1v) is 20.2. The van der Waals surface area contributed by atoms with Crippen molar-refractivity contribution < 1.29 is 9.85 Å². The van der Waals surface area contributed by atoms with Crippen molar-refractivity contribution in [3.8, 4) is 33.4 Å². The van der Waals surface area contributed by atoms with Gasteiger partial charge in [-0.1, -0.05) is 135 Å². The van der Waals surface area contributed by atoms with Crippen LogP contribution in [0.4, 0.5) is 11.4 Å². The number of nitrogens with two attached hydrogens (primary N) is 2. The van der Waals surface area contributed by atoms with Crippen molar-refractivity contribution in [1.29, 1.82) is 0 Å². The van der Waals surface area contributed by atoms with Gasteiger partial charge in [-0.2, -0.15) is 0 Å². The van der Waals surface area contributed by atoms with E-state index in [2.05, 4.69) is 102 Å². The Morgan fingerprint density at radius 3 is 1.25 bits per heavy atom. The molecule has 0 atom stereocenters. The predicted octanol–water partition coefficient (Wildman–Crippen LogP) is 12.0. The number of nitrogen functional groups attached to an aromatic ring is 1. The van der Waals surface area contributed by atoms with E-state index in [9.17, 15) is 20.2 Å². The summed E-state index contributed by atoms with van der Waals surface area (Å²) in [7, 11) is 0. The largest absolute Gasteiger partial charge is 0.391 e. The number of H-pyrrole nitrogens is 3. The molecule has 61 heavy (non-hydrogen) atoms. The zero-order chi connectivity index (χ0) is 43.9. The number of anilines is 1. The highest BCUT2D eigenvalue weighted by atomic mass is 16.6. The van der Waals surface area contributed by atoms with Gasteiger partial charge in [0, 0.05) is 38.8 Å². The number of fused-ring (bicyclic) bond motifs is 9. The van der Waals surface area contributed by atoms with Crippen LogP contribution in [0.1, 0.15) is 90.4 Å². The van der Waals surface area contributed by atoms with Crippen molar-refractivity contribution in [3.63, 3.8) is 0 Å². The lowest BCUT2D eigenvalue weighted by Crippen LogP contribution is -2.10. The van der Waals surface area contributed by atoms with Gasteiger partial charge in [0.2, 0.25) is 0 Å². The highest BCUT2D eigenvalue weighted by Gasteiger charge is 2.36. The first kappa shape index (κ1) is 40.6. The van der Waals surface area contributed by atoms with Crippen LogP contribution in [0.2, 0.25) is 0 Å². The van der Waals surface area contributed by atoms with Crippen molar-refractivity contribution >= 4 is 55.9 Å². The molecular formula is C49H50N8O4. The molecule has 12 heteroatoms. The molecule has 0 saturated heterocycles. The molecule has 0 amide bonds. The number of nitro groups is 2. The minimum absolute atomic E-state index is 0.000178. The molecule has 1 aliphatic heterocycles. The van der Waals surface area contributed by atoms with Gasteiger partial charge in [0.25, 0.3) is 0 Å². The minimum atomic E-state index is -0.561. The summed E-state index contributed by atoms with van der Waals surface area (Å²) >= 11 is 0. The fourth-order valence-corrected chi connectivity index (χ4v) is 8.17. The average Bonchev–Trinajstić information content (AvgIpc) is 3.98. The Bertz CT molecular complexity index is 3070. The number of nitrogens with one attached hydrogen (secondary N) is 3. The SMILES string of the molecule is CC(C)(C)c1ccc(-c2c3nc(c4[nH]c(c([N+](=O)[O-])c4N)c(-c4ccc(C(C)(C)C)cc4)c4ccc([nH]4)c(-c4ccc(C(C)(C)C)cc4)c4ccc2[nH]4)C(N)=C3[N+](=O)[O-])cc1. The fourth-order valence-electron chi connectivity index (χ4n) is 8.17. The summed E-state index contributed by atoms with van der Waals surface area (Å²) in [6, 6.07) is 31.8. The Balaban J connectivity index is 1.61. The Kier molecular flexibility index (Phi) is 9.46. The summed E-state index contributed by atoms with van der Waals surface area (Å²) in [6.07, 6.45) is 0. The lowest BCUT2D eigenvalue weighted by Gasteiger charge is -2.19. The molecule has 8 bridgehead atoms. The molecule has 7 aromatic rings. The summed E-state index contributed by atoms with van der Waals surface area (Å²) in [5.41, 5.74) is 21.5. The number of aromatic nitrogens is 4. The minimum Gasteiger partial charge on any atom is -0.391 e. The topological polar surface area (TPSA) is 199 Å². The Labute approximate surface area is 353 Å². The van der Waals surface area contributed by atoms with Gasteiger partial charge < -0.3 is 26.4 Å². The highest BCUT2D eigenvalue weighted by molar-refractivity contribution is 6.08. The van der Waals surface area contributed by atoms with E-state index in [0.29, 0.717) is 33.3 Å². The number of hydrogen-bond acceptors (Lipinski definition) is 7. The fraction of sp³-hybridized carbons (Fsp3) is 0.245. The molecular weight excluding hydrogens is 765 g/mol. The third kappa shape index (κ3) is 7.07. The second-order valence-electron chi connectivity index (χ2n) is 18.9. The number of aromatic amines is 3. The van der Waals surface area contributed by atoms with Gasteiger partial charge in [-0.15, -0.1) is 0 Å². The lowest BCUT2D eigenvalue weighted by atomic mass is 9.86. The van der Waals surface area contributed by atoms with E-state index in [1.54, 1.807) is 0 Å². The molecule has 310 valence electrons. The molecule has 4 aromatic heterocycles. The third-order valence-electron chi connectivity index (χ3n) is 11.6. The first-order valence-electron chi connectivity index (χ1n) is 20.2. The molecule has 0 radical (unpaired) electrons. The van der Waals surface area contributed by atoms with Gasteiger partial charge in [-0.25, -0.2) is 4.98 Å². The van der Waals surface area contributed by atoms with Crippen LogP contribution >= 0.6 is 0 Å². The lowest BCUT2D eigenvalue weighted by molar-refractivity contribution is -0.382. The summed E-state index contributed by atoms with van der Waals surface area (Å²) in [6.45, 7) is 19.2. The Morgan fingerprint density at radius 1 is 0.475 bits per heavy atom. The van der Waals surface area contributed by atoms with Gasteiger partial charge >= 0.3 is 11.4 Å². The molecule has 0 fully saturated rings. The zero-order valence-electron chi connectivity index (χ0n) is 35.9. The van der Waals surface area contributed by atoms with Crippen molar-refractivity contribution in [2.75, 3.05) is 5.73 Å². The molecule has 3 aromatic carbocycles. The van der Waals surface area contributed by atoms with E-state index in [-0.39, 0.29) is 50.1 Å². The van der Waals surface area contributed by atoms with Crippen LogP contribution in [0, 0.1) is 20.2 Å². The molecule has 7 N–H and O–H groups in total. The maximum atomic E-state index is 13.1. The van der Waals surface area contributed by atoms with Gasteiger partial charge in [0.1, 0.15) is 22.6 Å². The van der Waals surface area contributed by atoms with Crippen molar-refractivity contribution in [3.05, 3.63) is 145 Å². The molecule has 0 unspecified atom stereocenters. The maximum absolute atomic E-state index is 13.1. The molecule has 5 heterocycles. The van der Waals surface area contributed by atoms with E-state index in [1.165, 1.54) is 0 Å². The van der Waals surface area contributed by atoms with E-state index in [1.807, 2.05) is 72.8 Å². The molecule has 1 aliphatic rings. The van der Waals surface area contributed by atoms with Crippen LogP contribution in [0.3, 0.4) is 0 Å². The molecule has 0 aliphatic carbocycles. The van der Waals surface area contributed by atoms with Crippen LogP contribution in [0.25, 0.3) is 77.9 Å².